The lowest BCUT2D eigenvalue weighted by Gasteiger charge is -2.23. The number of esters is 1. The van der Waals surface area contributed by atoms with E-state index < -0.39 is 0 Å². The topological polar surface area (TPSA) is 44.1 Å². The summed E-state index contributed by atoms with van der Waals surface area (Å²) in [5.74, 6) is 0.184. The van der Waals surface area contributed by atoms with E-state index in [0.29, 0.717) is 18.2 Å². The Hall–Kier alpha value is -1.32. The zero-order valence-electron chi connectivity index (χ0n) is 12.3. The largest absolute Gasteiger partial charge is 0.461 e. The van der Waals surface area contributed by atoms with E-state index in [4.69, 9.17) is 4.74 Å². The molecular formula is C14H24N2O2. The van der Waals surface area contributed by atoms with Crippen molar-refractivity contribution in [2.24, 2.45) is 5.92 Å². The Kier molecular flexibility index (Phi) is 4.54. The van der Waals surface area contributed by atoms with Gasteiger partial charge in [0, 0.05) is 5.69 Å². The van der Waals surface area contributed by atoms with E-state index in [1.54, 1.807) is 6.92 Å². The van der Waals surface area contributed by atoms with Crippen LogP contribution < -0.4 is 0 Å². The Morgan fingerprint density at radius 2 is 2.06 bits per heavy atom. The summed E-state index contributed by atoms with van der Waals surface area (Å²) in [6.07, 6.45) is 0.906. The molecule has 0 aliphatic heterocycles. The van der Waals surface area contributed by atoms with Gasteiger partial charge in [0.05, 0.1) is 12.1 Å². The first-order chi connectivity index (χ1) is 8.25. The summed E-state index contributed by atoms with van der Waals surface area (Å²) in [6, 6.07) is 1.85. The third-order valence-electron chi connectivity index (χ3n) is 2.52. The molecular weight excluding hydrogens is 228 g/mol. The van der Waals surface area contributed by atoms with Crippen LogP contribution >= 0.6 is 0 Å². The highest BCUT2D eigenvalue weighted by atomic mass is 16.5. The second-order valence-electron chi connectivity index (χ2n) is 5.92. The molecule has 1 aromatic rings. The Bertz CT molecular complexity index is 414. The highest BCUT2D eigenvalue weighted by molar-refractivity contribution is 5.87. The molecule has 0 amide bonds. The molecule has 0 aliphatic carbocycles. The summed E-state index contributed by atoms with van der Waals surface area (Å²) in [5.41, 5.74) is 1.36. The van der Waals surface area contributed by atoms with Crippen molar-refractivity contribution in [2.75, 3.05) is 6.61 Å². The van der Waals surface area contributed by atoms with E-state index in [-0.39, 0.29) is 11.5 Å². The van der Waals surface area contributed by atoms with E-state index >= 15 is 0 Å². The number of nitrogens with zero attached hydrogens (tertiary/aromatic N) is 2. The Morgan fingerprint density at radius 3 is 2.50 bits per heavy atom. The molecule has 0 unspecified atom stereocenters. The van der Waals surface area contributed by atoms with E-state index in [1.165, 1.54) is 0 Å². The van der Waals surface area contributed by atoms with E-state index in [2.05, 4.69) is 39.7 Å². The summed E-state index contributed by atoms with van der Waals surface area (Å²) in [5, 5.41) is 4.40. The van der Waals surface area contributed by atoms with Crippen molar-refractivity contribution >= 4 is 5.97 Å². The molecule has 18 heavy (non-hydrogen) atoms. The van der Waals surface area contributed by atoms with Crippen LogP contribution in [0.2, 0.25) is 0 Å². The highest BCUT2D eigenvalue weighted by Gasteiger charge is 2.22. The maximum atomic E-state index is 11.7. The first kappa shape index (κ1) is 14.7. The maximum absolute atomic E-state index is 11.7. The molecule has 0 fully saturated rings. The van der Waals surface area contributed by atoms with Crippen molar-refractivity contribution in [2.45, 2.75) is 53.5 Å². The van der Waals surface area contributed by atoms with Crippen LogP contribution in [0.3, 0.4) is 0 Å². The molecule has 0 spiro atoms. The van der Waals surface area contributed by atoms with Gasteiger partial charge in [-0.15, -0.1) is 0 Å². The zero-order valence-corrected chi connectivity index (χ0v) is 12.3. The lowest BCUT2D eigenvalue weighted by atomic mass is 10.0. The third kappa shape index (κ3) is 3.59. The van der Waals surface area contributed by atoms with Gasteiger partial charge in [-0.1, -0.05) is 13.8 Å². The van der Waals surface area contributed by atoms with Crippen molar-refractivity contribution in [3.05, 3.63) is 17.5 Å². The Balaban J connectivity index is 3.11. The molecule has 4 nitrogen and oxygen atoms in total. The SMILES string of the molecule is CCOC(=O)c1cc(CC(C)C)n(C(C)(C)C)n1. The van der Waals surface area contributed by atoms with Gasteiger partial charge in [-0.2, -0.15) is 5.10 Å². The molecule has 0 aliphatic rings. The highest BCUT2D eigenvalue weighted by Crippen LogP contribution is 2.20. The summed E-state index contributed by atoms with van der Waals surface area (Å²) in [6.45, 7) is 12.7. The Morgan fingerprint density at radius 1 is 1.44 bits per heavy atom. The smallest absolute Gasteiger partial charge is 0.358 e. The predicted molar refractivity (Wildman–Crippen MR) is 71.7 cm³/mol. The lowest BCUT2D eigenvalue weighted by Crippen LogP contribution is -2.26. The van der Waals surface area contributed by atoms with Crippen LogP contribution in [0.1, 0.15) is 57.7 Å². The number of aromatic nitrogens is 2. The minimum atomic E-state index is -0.342. The number of hydrogen-bond acceptors (Lipinski definition) is 3. The minimum Gasteiger partial charge on any atom is -0.461 e. The van der Waals surface area contributed by atoms with E-state index in [9.17, 15) is 4.79 Å². The molecule has 0 bridgehead atoms. The fraction of sp³-hybridized carbons (Fsp3) is 0.714. The summed E-state index contributed by atoms with van der Waals surface area (Å²) >= 11 is 0. The van der Waals surface area contributed by atoms with Gasteiger partial charge in [-0.25, -0.2) is 4.79 Å². The molecule has 0 aromatic carbocycles. The number of carbonyl (C=O) groups excluding carboxylic acids is 1. The average Bonchev–Trinajstić information content (AvgIpc) is 2.60. The van der Waals surface area contributed by atoms with Crippen LogP contribution in [-0.4, -0.2) is 22.4 Å². The van der Waals surface area contributed by atoms with Crippen LogP contribution in [0.25, 0.3) is 0 Å². The van der Waals surface area contributed by atoms with Crippen LogP contribution in [0.15, 0.2) is 6.07 Å². The van der Waals surface area contributed by atoms with Crippen LogP contribution in [0.5, 0.6) is 0 Å². The van der Waals surface area contributed by atoms with Gasteiger partial charge in [-0.3, -0.25) is 4.68 Å². The predicted octanol–water partition coefficient (Wildman–Crippen LogP) is 3.01. The monoisotopic (exact) mass is 252 g/mol. The number of carbonyl (C=O) groups is 1. The minimum absolute atomic E-state index is 0.130. The third-order valence-corrected chi connectivity index (χ3v) is 2.52. The van der Waals surface area contributed by atoms with Gasteiger partial charge in [0.2, 0.25) is 0 Å². The molecule has 0 radical (unpaired) electrons. The van der Waals surface area contributed by atoms with Crippen molar-refractivity contribution in [3.8, 4) is 0 Å². The molecule has 1 aromatic heterocycles. The number of hydrogen-bond donors (Lipinski definition) is 0. The van der Waals surface area contributed by atoms with Gasteiger partial charge in [0.25, 0.3) is 0 Å². The molecule has 0 atom stereocenters. The number of rotatable bonds is 4. The van der Waals surface area contributed by atoms with E-state index in [1.807, 2.05) is 10.7 Å². The fourth-order valence-corrected chi connectivity index (χ4v) is 1.87. The van der Waals surface area contributed by atoms with Gasteiger partial charge in [-0.05, 0) is 46.1 Å². The molecule has 102 valence electrons. The van der Waals surface area contributed by atoms with Gasteiger partial charge in [0.1, 0.15) is 0 Å². The molecule has 0 N–H and O–H groups in total. The molecule has 4 heteroatoms. The Labute approximate surface area is 109 Å². The first-order valence-corrected chi connectivity index (χ1v) is 6.52. The summed E-state index contributed by atoms with van der Waals surface area (Å²) < 4.78 is 6.93. The standard InChI is InChI=1S/C14H24N2O2/c1-7-18-13(17)12-9-11(8-10(2)3)16(15-12)14(4,5)6/h9-10H,7-8H2,1-6H3. The lowest BCUT2D eigenvalue weighted by molar-refractivity contribution is 0.0517. The van der Waals surface area contributed by atoms with Crippen LogP contribution in [0, 0.1) is 5.92 Å². The van der Waals surface area contributed by atoms with Gasteiger partial charge >= 0.3 is 5.97 Å². The van der Waals surface area contributed by atoms with Crippen molar-refractivity contribution in [3.63, 3.8) is 0 Å². The van der Waals surface area contributed by atoms with E-state index in [0.717, 1.165) is 12.1 Å². The van der Waals surface area contributed by atoms with Crippen LogP contribution in [-0.2, 0) is 16.7 Å². The van der Waals surface area contributed by atoms with Crippen LogP contribution in [0.4, 0.5) is 0 Å². The normalized spacial score (nSPS) is 11.9. The molecule has 1 rings (SSSR count). The fourth-order valence-electron chi connectivity index (χ4n) is 1.87. The van der Waals surface area contributed by atoms with Crippen molar-refractivity contribution < 1.29 is 9.53 Å². The molecule has 1 heterocycles. The van der Waals surface area contributed by atoms with Crippen molar-refractivity contribution in [1.82, 2.24) is 9.78 Å². The average molecular weight is 252 g/mol. The maximum Gasteiger partial charge on any atom is 0.358 e. The zero-order chi connectivity index (χ0) is 13.9. The first-order valence-electron chi connectivity index (χ1n) is 6.52. The van der Waals surface area contributed by atoms with Gasteiger partial charge in [0.15, 0.2) is 5.69 Å². The molecule has 0 saturated heterocycles. The summed E-state index contributed by atoms with van der Waals surface area (Å²) in [4.78, 5) is 11.7. The second kappa shape index (κ2) is 5.55. The second-order valence-corrected chi connectivity index (χ2v) is 5.92. The quantitative estimate of drug-likeness (QED) is 0.774. The van der Waals surface area contributed by atoms with Gasteiger partial charge < -0.3 is 4.74 Å². The number of ether oxygens (including phenoxy) is 1. The summed E-state index contributed by atoms with van der Waals surface area (Å²) in [7, 11) is 0. The van der Waals surface area contributed by atoms with Crippen molar-refractivity contribution in [1.29, 1.82) is 0 Å². The molecule has 0 saturated carbocycles.